The summed E-state index contributed by atoms with van der Waals surface area (Å²) in [7, 11) is 0. The first-order valence-corrected chi connectivity index (χ1v) is 6.15. The molecule has 0 saturated carbocycles. The van der Waals surface area contributed by atoms with Crippen LogP contribution in [0.15, 0.2) is 24.3 Å². The van der Waals surface area contributed by atoms with Crippen molar-refractivity contribution in [1.29, 1.82) is 0 Å². The molecule has 0 radical (unpaired) electrons. The third-order valence-corrected chi connectivity index (χ3v) is 3.13. The molecule has 4 heteroatoms. The van der Waals surface area contributed by atoms with Gasteiger partial charge in [0.15, 0.2) is 6.17 Å². The average molecular weight is 265 g/mol. The van der Waals surface area contributed by atoms with Gasteiger partial charge in [0.25, 0.3) is 6.43 Å². The average Bonchev–Trinajstić information content (AvgIpc) is 2.35. The van der Waals surface area contributed by atoms with Gasteiger partial charge in [-0.15, -0.1) is 11.6 Å². The highest BCUT2D eigenvalue weighted by atomic mass is 35.5. The van der Waals surface area contributed by atoms with E-state index in [-0.39, 0.29) is 0 Å². The molecule has 96 valence electrons. The van der Waals surface area contributed by atoms with Gasteiger partial charge in [0.2, 0.25) is 0 Å². The molecule has 0 fully saturated rings. The first-order valence-electron chi connectivity index (χ1n) is 5.71. The van der Waals surface area contributed by atoms with E-state index < -0.39 is 18.0 Å². The van der Waals surface area contributed by atoms with Gasteiger partial charge in [-0.05, 0) is 24.0 Å². The van der Waals surface area contributed by atoms with Crippen LogP contribution in [0.5, 0.6) is 0 Å². The van der Waals surface area contributed by atoms with Crippen LogP contribution in [-0.2, 0) is 6.42 Å². The summed E-state index contributed by atoms with van der Waals surface area (Å²) in [5, 5.41) is -1.28. The van der Waals surface area contributed by atoms with Crippen molar-refractivity contribution in [1.82, 2.24) is 0 Å². The van der Waals surface area contributed by atoms with Crippen LogP contribution < -0.4 is 0 Å². The highest BCUT2D eigenvalue weighted by Gasteiger charge is 2.29. The number of rotatable bonds is 6. The Morgan fingerprint density at radius 1 is 1.12 bits per heavy atom. The number of unbranched alkanes of at least 4 members (excludes halogenated alkanes) is 1. The van der Waals surface area contributed by atoms with Gasteiger partial charge < -0.3 is 0 Å². The molecule has 0 amide bonds. The molecule has 0 saturated heterocycles. The first-order chi connectivity index (χ1) is 8.06. The Labute approximate surface area is 105 Å². The summed E-state index contributed by atoms with van der Waals surface area (Å²) in [5.74, 6) is 0. The van der Waals surface area contributed by atoms with Crippen molar-refractivity contribution in [2.24, 2.45) is 0 Å². The Bertz CT molecular complexity index is 324. The summed E-state index contributed by atoms with van der Waals surface area (Å²) in [4.78, 5) is 0. The van der Waals surface area contributed by atoms with Crippen molar-refractivity contribution in [3.05, 3.63) is 35.4 Å². The number of hydrogen-bond donors (Lipinski definition) is 0. The molecule has 0 nitrogen and oxygen atoms in total. The molecule has 0 aliphatic heterocycles. The Hall–Kier alpha value is -0.700. The second kappa shape index (κ2) is 6.90. The van der Waals surface area contributed by atoms with Crippen LogP contribution in [0.3, 0.4) is 0 Å². The quantitative estimate of drug-likeness (QED) is 0.640. The lowest BCUT2D eigenvalue weighted by Gasteiger charge is -2.14. The predicted molar refractivity (Wildman–Crippen MR) is 64.5 cm³/mol. The van der Waals surface area contributed by atoms with Gasteiger partial charge >= 0.3 is 0 Å². The summed E-state index contributed by atoms with van der Waals surface area (Å²) >= 11 is 5.65. The van der Waals surface area contributed by atoms with Gasteiger partial charge in [-0.25, -0.2) is 13.2 Å². The SMILES string of the molecule is CCCCc1ccc(C(Cl)C(F)C(F)F)cc1. The minimum absolute atomic E-state index is 0.403. The Morgan fingerprint density at radius 2 is 1.71 bits per heavy atom. The second-order valence-electron chi connectivity index (χ2n) is 4.03. The van der Waals surface area contributed by atoms with Gasteiger partial charge in [0, 0.05) is 0 Å². The van der Waals surface area contributed by atoms with E-state index in [0.717, 1.165) is 24.8 Å². The monoisotopic (exact) mass is 264 g/mol. The highest BCUT2D eigenvalue weighted by molar-refractivity contribution is 6.21. The molecular weight excluding hydrogens is 249 g/mol. The Morgan fingerprint density at radius 3 is 2.18 bits per heavy atom. The van der Waals surface area contributed by atoms with Crippen LogP contribution in [0.2, 0.25) is 0 Å². The minimum atomic E-state index is -3.04. The van der Waals surface area contributed by atoms with E-state index in [4.69, 9.17) is 11.6 Å². The molecule has 0 aromatic heterocycles. The maximum Gasteiger partial charge on any atom is 0.271 e. The van der Waals surface area contributed by atoms with Crippen LogP contribution in [-0.4, -0.2) is 12.6 Å². The summed E-state index contributed by atoms with van der Waals surface area (Å²) < 4.78 is 37.3. The maximum atomic E-state index is 13.0. The van der Waals surface area contributed by atoms with Crippen molar-refractivity contribution in [2.75, 3.05) is 0 Å². The largest absolute Gasteiger partial charge is 0.271 e. The molecule has 0 spiro atoms. The van der Waals surface area contributed by atoms with Gasteiger partial charge in [0.05, 0.1) is 5.38 Å². The summed E-state index contributed by atoms with van der Waals surface area (Å²) in [6, 6.07) is 6.88. The maximum absolute atomic E-state index is 13.0. The van der Waals surface area contributed by atoms with Crippen LogP contribution >= 0.6 is 11.6 Å². The first kappa shape index (κ1) is 14.4. The minimum Gasteiger partial charge on any atom is -0.239 e. The van der Waals surface area contributed by atoms with Crippen molar-refractivity contribution in [3.63, 3.8) is 0 Å². The molecule has 0 aliphatic carbocycles. The molecule has 2 atom stereocenters. The lowest BCUT2D eigenvalue weighted by atomic mass is 10.0. The Balaban J connectivity index is 2.66. The Kier molecular flexibility index (Phi) is 5.83. The molecule has 1 aromatic carbocycles. The van der Waals surface area contributed by atoms with E-state index in [1.54, 1.807) is 12.1 Å². The third kappa shape index (κ3) is 4.23. The number of hydrogen-bond acceptors (Lipinski definition) is 0. The molecule has 1 aromatic rings. The molecule has 2 unspecified atom stereocenters. The van der Waals surface area contributed by atoms with Crippen LogP contribution in [0.4, 0.5) is 13.2 Å². The predicted octanol–water partition coefficient (Wildman–Crippen LogP) is 4.91. The molecular formula is C13H16ClF3. The standard InChI is InChI=1S/C13H16ClF3/c1-2-3-4-9-5-7-10(8-6-9)11(14)12(15)13(16)17/h5-8,11-13H,2-4H2,1H3. The molecule has 17 heavy (non-hydrogen) atoms. The number of alkyl halides is 4. The second-order valence-corrected chi connectivity index (χ2v) is 4.50. The van der Waals surface area contributed by atoms with Gasteiger partial charge in [-0.3, -0.25) is 0 Å². The van der Waals surface area contributed by atoms with E-state index in [0.29, 0.717) is 5.56 Å². The smallest absolute Gasteiger partial charge is 0.239 e. The summed E-state index contributed by atoms with van der Waals surface area (Å²) in [6.07, 6.45) is -2.25. The molecule has 0 bridgehead atoms. The van der Waals surface area contributed by atoms with E-state index in [1.165, 1.54) is 0 Å². The molecule has 1 rings (SSSR count). The van der Waals surface area contributed by atoms with E-state index in [1.807, 2.05) is 12.1 Å². The highest BCUT2D eigenvalue weighted by Crippen LogP contribution is 2.30. The van der Waals surface area contributed by atoms with Gasteiger partial charge in [-0.1, -0.05) is 37.6 Å². The van der Waals surface area contributed by atoms with Crippen molar-refractivity contribution in [2.45, 2.75) is 44.2 Å². The van der Waals surface area contributed by atoms with Crippen LogP contribution in [0.25, 0.3) is 0 Å². The van der Waals surface area contributed by atoms with Crippen LogP contribution in [0, 0.1) is 0 Å². The zero-order valence-corrected chi connectivity index (χ0v) is 10.4. The summed E-state index contributed by atoms with van der Waals surface area (Å²) in [5.41, 5.74) is 1.52. The van der Waals surface area contributed by atoms with Gasteiger partial charge in [0.1, 0.15) is 0 Å². The van der Waals surface area contributed by atoms with Crippen molar-refractivity contribution < 1.29 is 13.2 Å². The van der Waals surface area contributed by atoms with Crippen molar-refractivity contribution >= 4 is 11.6 Å². The fourth-order valence-electron chi connectivity index (χ4n) is 1.56. The number of benzene rings is 1. The van der Waals surface area contributed by atoms with E-state index >= 15 is 0 Å². The van der Waals surface area contributed by atoms with E-state index in [2.05, 4.69) is 6.92 Å². The summed E-state index contributed by atoms with van der Waals surface area (Å²) in [6.45, 7) is 2.10. The molecule has 0 N–H and O–H groups in total. The van der Waals surface area contributed by atoms with Gasteiger partial charge in [-0.2, -0.15) is 0 Å². The van der Waals surface area contributed by atoms with Crippen LogP contribution in [0.1, 0.15) is 36.3 Å². The van der Waals surface area contributed by atoms with Crippen molar-refractivity contribution in [3.8, 4) is 0 Å². The van der Waals surface area contributed by atoms with E-state index in [9.17, 15) is 13.2 Å². The zero-order chi connectivity index (χ0) is 12.8. The fraction of sp³-hybridized carbons (Fsp3) is 0.538. The molecule has 0 heterocycles. The normalized spacial score (nSPS) is 14.9. The third-order valence-electron chi connectivity index (χ3n) is 2.64. The molecule has 0 aliphatic rings. The zero-order valence-electron chi connectivity index (χ0n) is 9.67. The lowest BCUT2D eigenvalue weighted by molar-refractivity contribution is 0.0476. The number of halogens is 4. The topological polar surface area (TPSA) is 0 Å². The number of aryl methyl sites for hydroxylation is 1. The lowest BCUT2D eigenvalue weighted by Crippen LogP contribution is -2.18. The fourth-order valence-corrected chi connectivity index (χ4v) is 1.82.